The molecule has 1 aromatic carbocycles. The average Bonchev–Trinajstić information content (AvgIpc) is 2.96. The molecule has 0 unspecified atom stereocenters. The summed E-state index contributed by atoms with van der Waals surface area (Å²) in [6, 6.07) is 7.01. The maximum atomic E-state index is 10.4. The Balaban J connectivity index is 2.01. The number of nitrogens with zero attached hydrogens (tertiary/aromatic N) is 5. The van der Waals surface area contributed by atoms with Gasteiger partial charge in [0.15, 0.2) is 11.0 Å². The van der Waals surface area contributed by atoms with Crippen LogP contribution in [0, 0.1) is 0 Å². The molecular weight excluding hydrogens is 362 g/mol. The number of phenols is 2. The molecule has 2 N–H and O–H groups in total. The lowest BCUT2D eigenvalue weighted by Gasteiger charge is -2.14. The standard InChI is InChI=1S/C19H23N5O2S/c1-11(2)13-7-14(16(26)8-15(13)25)18-21-22-19(27)24(18)10-12-5-6-17(20-9-12)23(3)4/h5-9,11,25-26H,10H2,1-4H3,(H,22,27). The van der Waals surface area contributed by atoms with Gasteiger partial charge in [-0.05, 0) is 29.2 Å². The number of aromatic nitrogens is 4. The Morgan fingerprint density at radius 1 is 1.11 bits per heavy atom. The lowest BCUT2D eigenvalue weighted by atomic mass is 9.98. The molecule has 27 heavy (non-hydrogen) atoms. The van der Waals surface area contributed by atoms with E-state index in [1.807, 2.05) is 45.0 Å². The summed E-state index contributed by atoms with van der Waals surface area (Å²) in [5, 5.41) is 29.1. The van der Waals surface area contributed by atoms with Crippen LogP contribution in [0.3, 0.4) is 0 Å². The Labute approximate surface area is 163 Å². The molecule has 0 aliphatic heterocycles. The fourth-order valence-corrected chi connectivity index (χ4v) is 3.04. The molecule has 2 heterocycles. The molecule has 142 valence electrons. The van der Waals surface area contributed by atoms with E-state index in [1.54, 1.807) is 16.8 Å². The SMILES string of the molecule is CC(C)c1cc(-c2nnc(S)n2Cc2ccc(N(C)C)nc2)c(O)cc1O. The van der Waals surface area contributed by atoms with Gasteiger partial charge >= 0.3 is 0 Å². The zero-order valence-electron chi connectivity index (χ0n) is 15.7. The highest BCUT2D eigenvalue weighted by atomic mass is 32.1. The molecule has 0 fully saturated rings. The molecule has 0 saturated carbocycles. The lowest BCUT2D eigenvalue weighted by Crippen LogP contribution is -2.11. The number of hydrogen-bond donors (Lipinski definition) is 3. The third kappa shape index (κ3) is 3.85. The van der Waals surface area contributed by atoms with E-state index in [0.29, 0.717) is 23.1 Å². The Bertz CT molecular complexity index is 951. The summed E-state index contributed by atoms with van der Waals surface area (Å²) in [5.41, 5.74) is 2.19. The van der Waals surface area contributed by atoms with E-state index in [9.17, 15) is 10.2 Å². The zero-order chi connectivity index (χ0) is 19.7. The number of benzene rings is 1. The van der Waals surface area contributed by atoms with Gasteiger partial charge in [-0.1, -0.05) is 19.9 Å². The van der Waals surface area contributed by atoms with Crippen molar-refractivity contribution in [1.82, 2.24) is 19.7 Å². The minimum atomic E-state index is -0.0556. The van der Waals surface area contributed by atoms with Crippen LogP contribution in [0.4, 0.5) is 5.82 Å². The van der Waals surface area contributed by atoms with Crippen molar-refractivity contribution in [1.29, 1.82) is 0 Å². The Morgan fingerprint density at radius 2 is 1.85 bits per heavy atom. The van der Waals surface area contributed by atoms with E-state index < -0.39 is 0 Å². The van der Waals surface area contributed by atoms with Gasteiger partial charge in [0.1, 0.15) is 17.3 Å². The van der Waals surface area contributed by atoms with Gasteiger partial charge < -0.3 is 15.1 Å². The summed E-state index contributed by atoms with van der Waals surface area (Å²) in [5.74, 6) is 1.45. The maximum absolute atomic E-state index is 10.4. The van der Waals surface area contributed by atoms with Crippen molar-refractivity contribution in [3.05, 3.63) is 41.6 Å². The van der Waals surface area contributed by atoms with Gasteiger partial charge in [0.05, 0.1) is 12.1 Å². The molecule has 8 heteroatoms. The summed E-state index contributed by atoms with van der Waals surface area (Å²) in [4.78, 5) is 6.35. The molecule has 2 aromatic heterocycles. The van der Waals surface area contributed by atoms with Gasteiger partial charge in [0.2, 0.25) is 0 Å². The predicted octanol–water partition coefficient (Wildman–Crippen LogP) is 3.28. The quantitative estimate of drug-likeness (QED) is 0.584. The van der Waals surface area contributed by atoms with Crippen molar-refractivity contribution >= 4 is 18.4 Å². The molecule has 3 aromatic rings. The van der Waals surface area contributed by atoms with Gasteiger partial charge in [-0.2, -0.15) is 0 Å². The number of aromatic hydroxyl groups is 2. The summed E-state index contributed by atoms with van der Waals surface area (Å²) in [6.07, 6.45) is 1.79. The number of thiol groups is 1. The first-order valence-electron chi connectivity index (χ1n) is 8.58. The maximum Gasteiger partial charge on any atom is 0.188 e. The van der Waals surface area contributed by atoms with Crippen LogP contribution in [0.2, 0.25) is 0 Å². The van der Waals surface area contributed by atoms with Crippen LogP contribution in [0.25, 0.3) is 11.4 Å². The number of anilines is 1. The first-order chi connectivity index (χ1) is 12.8. The Hall–Kier alpha value is -2.74. The molecule has 0 radical (unpaired) electrons. The molecule has 0 amide bonds. The molecular formula is C19H23N5O2S. The molecule has 0 saturated heterocycles. The van der Waals surface area contributed by atoms with Crippen molar-refractivity contribution in [3.8, 4) is 22.9 Å². The van der Waals surface area contributed by atoms with E-state index in [2.05, 4.69) is 27.8 Å². The van der Waals surface area contributed by atoms with Gasteiger partial charge in [0, 0.05) is 26.4 Å². The van der Waals surface area contributed by atoms with Crippen LogP contribution in [0.15, 0.2) is 35.6 Å². The van der Waals surface area contributed by atoms with Crippen molar-refractivity contribution in [2.45, 2.75) is 31.5 Å². The van der Waals surface area contributed by atoms with Crippen LogP contribution < -0.4 is 4.90 Å². The topological polar surface area (TPSA) is 87.3 Å². The van der Waals surface area contributed by atoms with Crippen LogP contribution in [-0.4, -0.2) is 44.1 Å². The normalized spacial score (nSPS) is 11.2. The van der Waals surface area contributed by atoms with Crippen molar-refractivity contribution in [2.75, 3.05) is 19.0 Å². The first-order valence-corrected chi connectivity index (χ1v) is 9.03. The number of hydrogen-bond acceptors (Lipinski definition) is 7. The van der Waals surface area contributed by atoms with E-state index in [4.69, 9.17) is 0 Å². The third-order valence-corrected chi connectivity index (χ3v) is 4.68. The number of pyridine rings is 1. The molecule has 0 aliphatic carbocycles. The summed E-state index contributed by atoms with van der Waals surface area (Å²) < 4.78 is 1.80. The van der Waals surface area contributed by atoms with E-state index in [-0.39, 0.29) is 17.4 Å². The molecule has 0 aliphatic rings. The molecule has 0 spiro atoms. The number of phenolic OH excluding ortho intramolecular Hbond substituents is 2. The highest BCUT2D eigenvalue weighted by molar-refractivity contribution is 7.80. The monoisotopic (exact) mass is 385 g/mol. The van der Waals surface area contributed by atoms with Crippen molar-refractivity contribution in [2.24, 2.45) is 0 Å². The summed E-state index contributed by atoms with van der Waals surface area (Å²) in [6.45, 7) is 4.41. The van der Waals surface area contributed by atoms with E-state index in [1.165, 1.54) is 6.07 Å². The second-order valence-corrected chi connectivity index (χ2v) is 7.31. The highest BCUT2D eigenvalue weighted by Crippen LogP contribution is 2.37. The van der Waals surface area contributed by atoms with Gasteiger partial charge in [-0.15, -0.1) is 22.8 Å². The van der Waals surface area contributed by atoms with Crippen LogP contribution in [0.5, 0.6) is 11.5 Å². The van der Waals surface area contributed by atoms with E-state index in [0.717, 1.165) is 16.9 Å². The van der Waals surface area contributed by atoms with E-state index >= 15 is 0 Å². The largest absolute Gasteiger partial charge is 0.508 e. The smallest absolute Gasteiger partial charge is 0.188 e. The van der Waals surface area contributed by atoms with Crippen LogP contribution in [0.1, 0.15) is 30.9 Å². The van der Waals surface area contributed by atoms with Gasteiger partial charge in [0.25, 0.3) is 0 Å². The fraction of sp³-hybridized carbons (Fsp3) is 0.316. The second kappa shape index (κ2) is 7.48. The first kappa shape index (κ1) is 19.0. The van der Waals surface area contributed by atoms with Crippen LogP contribution in [-0.2, 0) is 6.54 Å². The Morgan fingerprint density at radius 3 is 2.44 bits per heavy atom. The average molecular weight is 385 g/mol. The summed E-state index contributed by atoms with van der Waals surface area (Å²) in [7, 11) is 3.87. The minimum absolute atomic E-state index is 0.0556. The summed E-state index contributed by atoms with van der Waals surface area (Å²) >= 11 is 4.40. The number of rotatable bonds is 5. The van der Waals surface area contributed by atoms with Gasteiger partial charge in [-0.3, -0.25) is 4.57 Å². The zero-order valence-corrected chi connectivity index (χ0v) is 16.6. The molecule has 0 atom stereocenters. The second-order valence-electron chi connectivity index (χ2n) is 6.91. The molecule has 0 bridgehead atoms. The van der Waals surface area contributed by atoms with Gasteiger partial charge in [-0.25, -0.2) is 4.98 Å². The molecule has 7 nitrogen and oxygen atoms in total. The fourth-order valence-electron chi connectivity index (χ4n) is 2.83. The molecule has 3 rings (SSSR count). The third-order valence-electron chi connectivity index (χ3n) is 4.35. The van der Waals surface area contributed by atoms with Crippen molar-refractivity contribution < 1.29 is 10.2 Å². The lowest BCUT2D eigenvalue weighted by molar-refractivity contribution is 0.444. The van der Waals surface area contributed by atoms with Crippen molar-refractivity contribution in [3.63, 3.8) is 0 Å². The van der Waals surface area contributed by atoms with Crippen LogP contribution >= 0.6 is 12.6 Å². The minimum Gasteiger partial charge on any atom is -0.508 e. The highest BCUT2D eigenvalue weighted by Gasteiger charge is 2.19. The predicted molar refractivity (Wildman–Crippen MR) is 108 cm³/mol. The Kier molecular flexibility index (Phi) is 5.27.